The molecule has 2 aromatic heterocycles. The van der Waals surface area contributed by atoms with Gasteiger partial charge in [0.2, 0.25) is 0 Å². The van der Waals surface area contributed by atoms with Gasteiger partial charge in [0.1, 0.15) is 5.82 Å². The Morgan fingerprint density at radius 2 is 2.26 bits per heavy atom. The number of anilines is 2. The summed E-state index contributed by atoms with van der Waals surface area (Å²) in [4.78, 5) is 7.40. The highest BCUT2D eigenvalue weighted by Crippen LogP contribution is 2.34. The van der Waals surface area contributed by atoms with Crippen LogP contribution in [0.25, 0.3) is 21.0 Å². The molecule has 3 aromatic rings. The Hall–Kier alpha value is -1.85. The van der Waals surface area contributed by atoms with E-state index < -0.39 is 0 Å². The largest absolute Gasteiger partial charge is 0.399 e. The van der Waals surface area contributed by atoms with Crippen molar-refractivity contribution in [2.45, 2.75) is 25.8 Å². The number of likely N-dealkylation sites (N-methyl/N-ethyl adjacent to an activating group) is 1. The van der Waals surface area contributed by atoms with E-state index in [0.717, 1.165) is 30.1 Å². The van der Waals surface area contributed by atoms with E-state index >= 15 is 0 Å². The Morgan fingerprint density at radius 3 is 3.13 bits per heavy atom. The number of nitrogen functional groups attached to an aromatic ring is 1. The predicted molar refractivity (Wildman–Crippen MR) is 100 cm³/mol. The summed E-state index contributed by atoms with van der Waals surface area (Å²) in [6.07, 6.45) is 2.57. The predicted octanol–water partition coefficient (Wildman–Crippen LogP) is 3.93. The van der Waals surface area contributed by atoms with E-state index in [9.17, 15) is 0 Å². The quantitative estimate of drug-likeness (QED) is 0.713. The number of aromatic nitrogens is 1. The van der Waals surface area contributed by atoms with Crippen LogP contribution in [0.1, 0.15) is 19.8 Å². The standard InChI is InChI=1S/C18H22N4S/c1-2-22-8-3-4-13(22)11-20-18-15-7-9-23-17(15)14-6-5-12(19)10-16(14)21-18/h5-7,9-10,13H,2-4,8,11,19H2,1H3,(H,20,21). The zero-order valence-corrected chi connectivity index (χ0v) is 14.2. The molecule has 4 nitrogen and oxygen atoms in total. The first-order valence-corrected chi connectivity index (χ1v) is 9.18. The van der Waals surface area contributed by atoms with Gasteiger partial charge in [-0.25, -0.2) is 4.98 Å². The molecule has 1 unspecified atom stereocenters. The first-order valence-electron chi connectivity index (χ1n) is 8.30. The normalized spacial score (nSPS) is 18.9. The van der Waals surface area contributed by atoms with Gasteiger partial charge in [-0.3, -0.25) is 4.90 Å². The summed E-state index contributed by atoms with van der Waals surface area (Å²) in [5, 5.41) is 8.15. The molecule has 1 aliphatic heterocycles. The molecule has 5 heteroatoms. The highest BCUT2D eigenvalue weighted by Gasteiger charge is 2.23. The average Bonchev–Trinajstić information content (AvgIpc) is 3.21. The molecule has 23 heavy (non-hydrogen) atoms. The number of benzene rings is 1. The van der Waals surface area contributed by atoms with E-state index in [4.69, 9.17) is 10.7 Å². The smallest absolute Gasteiger partial charge is 0.135 e. The number of likely N-dealkylation sites (tertiary alicyclic amines) is 1. The third kappa shape index (κ3) is 2.64. The first-order chi connectivity index (χ1) is 11.3. The number of nitrogens with one attached hydrogen (secondary N) is 1. The maximum Gasteiger partial charge on any atom is 0.135 e. The molecule has 3 heterocycles. The number of rotatable bonds is 4. The molecule has 0 spiro atoms. The number of thiophene rings is 1. The van der Waals surface area contributed by atoms with Crippen molar-refractivity contribution in [1.29, 1.82) is 0 Å². The minimum absolute atomic E-state index is 0.618. The molecule has 120 valence electrons. The van der Waals surface area contributed by atoms with Crippen LogP contribution in [-0.4, -0.2) is 35.6 Å². The molecular formula is C18H22N4S. The maximum absolute atomic E-state index is 5.94. The Kier molecular flexibility index (Phi) is 3.83. The molecular weight excluding hydrogens is 304 g/mol. The molecule has 0 bridgehead atoms. The van der Waals surface area contributed by atoms with E-state index in [0.29, 0.717) is 6.04 Å². The fraction of sp³-hybridized carbons (Fsp3) is 0.389. The Morgan fingerprint density at radius 1 is 1.35 bits per heavy atom. The monoisotopic (exact) mass is 326 g/mol. The van der Waals surface area contributed by atoms with Crippen LogP contribution in [0, 0.1) is 0 Å². The molecule has 1 aromatic carbocycles. The first kappa shape index (κ1) is 14.7. The number of nitrogens with two attached hydrogens (primary N) is 1. The molecule has 1 fully saturated rings. The summed E-state index contributed by atoms with van der Waals surface area (Å²) >= 11 is 1.77. The van der Waals surface area contributed by atoms with Crippen LogP contribution in [0.5, 0.6) is 0 Å². The number of nitrogens with zero attached hydrogens (tertiary/aromatic N) is 2. The average molecular weight is 326 g/mol. The lowest BCUT2D eigenvalue weighted by atomic mass is 10.1. The van der Waals surface area contributed by atoms with E-state index in [-0.39, 0.29) is 0 Å². The van der Waals surface area contributed by atoms with Crippen molar-refractivity contribution in [1.82, 2.24) is 9.88 Å². The van der Waals surface area contributed by atoms with Crippen LogP contribution in [0.2, 0.25) is 0 Å². The maximum atomic E-state index is 5.94. The van der Waals surface area contributed by atoms with Crippen LogP contribution in [-0.2, 0) is 0 Å². The Bertz CT molecular complexity index is 842. The van der Waals surface area contributed by atoms with Gasteiger partial charge in [0.25, 0.3) is 0 Å². The second-order valence-corrected chi connectivity index (χ2v) is 7.12. The van der Waals surface area contributed by atoms with Crippen LogP contribution in [0.4, 0.5) is 11.5 Å². The minimum atomic E-state index is 0.618. The van der Waals surface area contributed by atoms with Gasteiger partial charge in [0.05, 0.1) is 5.52 Å². The topological polar surface area (TPSA) is 54.2 Å². The van der Waals surface area contributed by atoms with Gasteiger partial charge in [0.15, 0.2) is 0 Å². The molecule has 1 saturated heterocycles. The molecule has 0 aliphatic carbocycles. The van der Waals surface area contributed by atoms with Crippen molar-refractivity contribution in [3.63, 3.8) is 0 Å². The second-order valence-electron chi connectivity index (χ2n) is 6.21. The lowest BCUT2D eigenvalue weighted by molar-refractivity contribution is 0.277. The van der Waals surface area contributed by atoms with Gasteiger partial charge in [-0.15, -0.1) is 11.3 Å². The van der Waals surface area contributed by atoms with Crippen molar-refractivity contribution < 1.29 is 0 Å². The fourth-order valence-corrected chi connectivity index (χ4v) is 4.54. The summed E-state index contributed by atoms with van der Waals surface area (Å²) in [7, 11) is 0. The van der Waals surface area contributed by atoms with Gasteiger partial charge >= 0.3 is 0 Å². The SMILES string of the molecule is CCN1CCCC1CNc1nc2cc(N)ccc2c2sccc12. The van der Waals surface area contributed by atoms with Gasteiger partial charge in [-0.1, -0.05) is 6.92 Å². The summed E-state index contributed by atoms with van der Waals surface area (Å²) < 4.78 is 1.29. The van der Waals surface area contributed by atoms with Gasteiger partial charge < -0.3 is 11.1 Å². The third-order valence-corrected chi connectivity index (χ3v) is 5.78. The minimum Gasteiger partial charge on any atom is -0.399 e. The van der Waals surface area contributed by atoms with Crippen molar-refractivity contribution in [3.8, 4) is 0 Å². The summed E-state index contributed by atoms with van der Waals surface area (Å²) in [6, 6.07) is 8.78. The van der Waals surface area contributed by atoms with Crippen LogP contribution >= 0.6 is 11.3 Å². The van der Waals surface area contributed by atoms with Gasteiger partial charge in [-0.2, -0.15) is 0 Å². The van der Waals surface area contributed by atoms with Crippen molar-refractivity contribution in [3.05, 3.63) is 29.6 Å². The van der Waals surface area contributed by atoms with Crippen LogP contribution in [0.3, 0.4) is 0 Å². The van der Waals surface area contributed by atoms with Gasteiger partial charge in [-0.05, 0) is 55.6 Å². The summed E-state index contributed by atoms with van der Waals surface area (Å²) in [5.41, 5.74) is 7.68. The molecule has 1 atom stereocenters. The zero-order valence-electron chi connectivity index (χ0n) is 13.4. The summed E-state index contributed by atoms with van der Waals surface area (Å²) in [6.45, 7) is 5.55. The molecule has 0 radical (unpaired) electrons. The number of fused-ring (bicyclic) bond motifs is 3. The Labute approximate surface area is 140 Å². The summed E-state index contributed by atoms with van der Waals surface area (Å²) in [5.74, 6) is 0.988. The van der Waals surface area contributed by atoms with Crippen LogP contribution < -0.4 is 11.1 Å². The highest BCUT2D eigenvalue weighted by atomic mass is 32.1. The van der Waals surface area contributed by atoms with Gasteiger partial charge in [0, 0.05) is 33.7 Å². The Balaban J connectivity index is 1.69. The highest BCUT2D eigenvalue weighted by molar-refractivity contribution is 7.18. The van der Waals surface area contributed by atoms with Crippen molar-refractivity contribution >= 4 is 43.8 Å². The molecule has 3 N–H and O–H groups in total. The molecule has 0 saturated carbocycles. The third-order valence-electron chi connectivity index (χ3n) is 4.83. The molecule has 4 rings (SSSR count). The van der Waals surface area contributed by atoms with Crippen molar-refractivity contribution in [2.24, 2.45) is 0 Å². The second kappa shape index (κ2) is 5.98. The van der Waals surface area contributed by atoms with E-state index in [1.165, 1.54) is 34.9 Å². The lowest BCUT2D eigenvalue weighted by Gasteiger charge is -2.23. The number of hydrogen-bond acceptors (Lipinski definition) is 5. The fourth-order valence-electron chi connectivity index (χ4n) is 3.61. The van der Waals surface area contributed by atoms with E-state index in [1.54, 1.807) is 11.3 Å². The number of pyridine rings is 1. The molecule has 1 aliphatic rings. The number of hydrogen-bond donors (Lipinski definition) is 2. The zero-order chi connectivity index (χ0) is 15.8. The van der Waals surface area contributed by atoms with Crippen molar-refractivity contribution in [2.75, 3.05) is 30.7 Å². The molecule has 0 amide bonds. The van der Waals surface area contributed by atoms with E-state index in [1.807, 2.05) is 12.1 Å². The van der Waals surface area contributed by atoms with E-state index in [2.05, 4.69) is 34.7 Å². The lowest BCUT2D eigenvalue weighted by Crippen LogP contribution is -2.34. The van der Waals surface area contributed by atoms with Crippen LogP contribution in [0.15, 0.2) is 29.6 Å².